The molecule has 1 aliphatic heterocycles. The largest absolute Gasteiger partial charge is 0.371 e. The van der Waals surface area contributed by atoms with E-state index in [9.17, 15) is 4.79 Å². The number of carbonyl (C=O) groups excluding carboxylic acids is 1. The summed E-state index contributed by atoms with van der Waals surface area (Å²) in [5.74, 6) is 0.733. The van der Waals surface area contributed by atoms with Gasteiger partial charge in [0.2, 0.25) is 0 Å². The van der Waals surface area contributed by atoms with Crippen molar-refractivity contribution in [3.63, 3.8) is 0 Å². The monoisotopic (exact) mass is 351 g/mol. The second-order valence-corrected chi connectivity index (χ2v) is 8.29. The lowest BCUT2D eigenvalue weighted by Crippen LogP contribution is -2.50. The Kier molecular flexibility index (Phi) is 5.89. The molecule has 0 unspecified atom stereocenters. The zero-order valence-electron chi connectivity index (χ0n) is 15.0. The third kappa shape index (κ3) is 4.55. The zero-order chi connectivity index (χ0) is 17.1. The molecule has 0 bridgehead atoms. The first kappa shape index (κ1) is 17.8. The number of unbranched alkanes of at least 4 members (excludes halogenated alkanes) is 1. The summed E-state index contributed by atoms with van der Waals surface area (Å²) >= 11 is 1.57. The van der Waals surface area contributed by atoms with Gasteiger partial charge < -0.3 is 14.5 Å². The molecule has 0 spiro atoms. The number of hydrogen-bond donors (Lipinski definition) is 0. The highest BCUT2D eigenvalue weighted by Crippen LogP contribution is 2.37. The third-order valence-electron chi connectivity index (χ3n) is 4.73. The molecule has 0 aromatic carbocycles. The fraction of sp³-hybridized carbons (Fsp3) is 0.778. The molecule has 24 heavy (non-hydrogen) atoms. The normalized spacial score (nSPS) is 24.6. The highest BCUT2D eigenvalue weighted by Gasteiger charge is 2.39. The van der Waals surface area contributed by atoms with Crippen LogP contribution in [0.2, 0.25) is 0 Å². The minimum atomic E-state index is 0.0757. The van der Waals surface area contributed by atoms with Gasteiger partial charge in [0.25, 0.3) is 5.91 Å². The van der Waals surface area contributed by atoms with Crippen LogP contribution in [0.3, 0.4) is 0 Å². The Morgan fingerprint density at radius 2 is 2.21 bits per heavy atom. The maximum Gasteiger partial charge on any atom is 0.273 e. The van der Waals surface area contributed by atoms with Crippen molar-refractivity contribution in [3.8, 4) is 0 Å². The van der Waals surface area contributed by atoms with E-state index >= 15 is 0 Å². The standard InChI is InChI=1S/C18H29N3O2S/c1-4-5-6-14-9-21(10-16(23-14)13-7-8-13)18(22)15-12-24-17(19-15)11-20(2)3/h12-14,16H,4-11H2,1-3H3/t14-,16-/m1/s1. The summed E-state index contributed by atoms with van der Waals surface area (Å²) in [6.45, 7) is 4.42. The van der Waals surface area contributed by atoms with Crippen molar-refractivity contribution in [1.82, 2.24) is 14.8 Å². The van der Waals surface area contributed by atoms with Crippen LogP contribution in [0.1, 0.15) is 54.5 Å². The van der Waals surface area contributed by atoms with Crippen molar-refractivity contribution in [2.45, 2.75) is 57.8 Å². The van der Waals surface area contributed by atoms with Crippen LogP contribution in [0.25, 0.3) is 0 Å². The Morgan fingerprint density at radius 3 is 2.88 bits per heavy atom. The molecule has 2 fully saturated rings. The van der Waals surface area contributed by atoms with Crippen LogP contribution in [0.4, 0.5) is 0 Å². The minimum absolute atomic E-state index is 0.0757. The molecule has 1 saturated heterocycles. The molecule has 0 radical (unpaired) electrons. The smallest absolute Gasteiger partial charge is 0.273 e. The average molecular weight is 352 g/mol. The van der Waals surface area contributed by atoms with Gasteiger partial charge in [-0.15, -0.1) is 11.3 Å². The summed E-state index contributed by atoms with van der Waals surface area (Å²) in [7, 11) is 4.03. The lowest BCUT2D eigenvalue weighted by atomic mass is 10.1. The van der Waals surface area contributed by atoms with E-state index < -0.39 is 0 Å². The summed E-state index contributed by atoms with van der Waals surface area (Å²) in [6, 6.07) is 0. The van der Waals surface area contributed by atoms with Crippen molar-refractivity contribution in [2.24, 2.45) is 5.92 Å². The molecule has 1 aliphatic carbocycles. The number of thiazole rings is 1. The molecule has 2 atom stereocenters. The number of ether oxygens (including phenoxy) is 1. The van der Waals surface area contributed by atoms with Gasteiger partial charge >= 0.3 is 0 Å². The van der Waals surface area contributed by atoms with Crippen LogP contribution in [-0.2, 0) is 11.3 Å². The van der Waals surface area contributed by atoms with Crippen LogP contribution >= 0.6 is 11.3 Å². The van der Waals surface area contributed by atoms with Crippen molar-refractivity contribution in [3.05, 3.63) is 16.1 Å². The second kappa shape index (κ2) is 7.93. The number of hydrogen-bond acceptors (Lipinski definition) is 5. The maximum absolute atomic E-state index is 12.9. The molecule has 1 saturated carbocycles. The van der Waals surface area contributed by atoms with E-state index in [0.717, 1.165) is 30.9 Å². The van der Waals surface area contributed by atoms with Crippen LogP contribution < -0.4 is 0 Å². The molecule has 134 valence electrons. The van der Waals surface area contributed by atoms with Gasteiger partial charge in [-0.3, -0.25) is 4.79 Å². The molecule has 2 heterocycles. The first-order valence-corrected chi connectivity index (χ1v) is 9.98. The number of morpholine rings is 1. The van der Waals surface area contributed by atoms with Crippen LogP contribution in [0, 0.1) is 5.92 Å². The Labute approximate surface area is 149 Å². The quantitative estimate of drug-likeness (QED) is 0.757. The van der Waals surface area contributed by atoms with Crippen molar-refractivity contribution >= 4 is 17.2 Å². The summed E-state index contributed by atoms with van der Waals surface area (Å²) in [4.78, 5) is 21.5. The van der Waals surface area contributed by atoms with E-state index in [4.69, 9.17) is 4.74 Å². The van der Waals surface area contributed by atoms with Gasteiger partial charge in [0.15, 0.2) is 0 Å². The highest BCUT2D eigenvalue weighted by atomic mass is 32.1. The molecule has 3 rings (SSSR count). The van der Waals surface area contributed by atoms with Gasteiger partial charge in [-0.25, -0.2) is 4.98 Å². The van der Waals surface area contributed by atoms with Gasteiger partial charge in [-0.2, -0.15) is 0 Å². The van der Waals surface area contributed by atoms with Crippen molar-refractivity contribution in [2.75, 3.05) is 27.2 Å². The van der Waals surface area contributed by atoms with Crippen molar-refractivity contribution in [1.29, 1.82) is 0 Å². The molecule has 1 amide bonds. The molecule has 1 aromatic rings. The molecule has 6 heteroatoms. The highest BCUT2D eigenvalue weighted by molar-refractivity contribution is 7.09. The van der Waals surface area contributed by atoms with E-state index in [1.165, 1.54) is 19.3 Å². The predicted molar refractivity (Wildman–Crippen MR) is 96.3 cm³/mol. The first-order chi connectivity index (χ1) is 11.6. The number of aromatic nitrogens is 1. The molecule has 0 N–H and O–H groups in total. The van der Waals surface area contributed by atoms with Crippen molar-refractivity contribution < 1.29 is 9.53 Å². The Hall–Kier alpha value is -0.980. The van der Waals surface area contributed by atoms with E-state index in [0.29, 0.717) is 18.2 Å². The summed E-state index contributed by atoms with van der Waals surface area (Å²) in [6.07, 6.45) is 6.29. The first-order valence-electron chi connectivity index (χ1n) is 9.10. The topological polar surface area (TPSA) is 45.7 Å². The SMILES string of the molecule is CCCC[C@@H]1CN(C(=O)c2csc(CN(C)C)n2)C[C@H](C2CC2)O1. The Bertz CT molecular complexity index is 556. The third-order valence-corrected chi connectivity index (χ3v) is 5.56. The number of rotatable bonds is 7. The maximum atomic E-state index is 12.9. The zero-order valence-corrected chi connectivity index (χ0v) is 15.8. The molecular weight excluding hydrogens is 322 g/mol. The van der Waals surface area contributed by atoms with Gasteiger partial charge in [0.1, 0.15) is 10.7 Å². The number of nitrogens with zero attached hydrogens (tertiary/aromatic N) is 3. The average Bonchev–Trinajstić information content (AvgIpc) is 3.32. The van der Waals surface area contributed by atoms with Gasteiger partial charge in [0, 0.05) is 25.0 Å². The fourth-order valence-electron chi connectivity index (χ4n) is 3.27. The minimum Gasteiger partial charge on any atom is -0.371 e. The summed E-state index contributed by atoms with van der Waals surface area (Å²) in [5.41, 5.74) is 0.600. The lowest BCUT2D eigenvalue weighted by molar-refractivity contribution is -0.0875. The van der Waals surface area contributed by atoms with Gasteiger partial charge in [-0.1, -0.05) is 19.8 Å². The summed E-state index contributed by atoms with van der Waals surface area (Å²) < 4.78 is 6.27. The van der Waals surface area contributed by atoms with Gasteiger partial charge in [0.05, 0.1) is 12.2 Å². The molecular formula is C18H29N3O2S. The second-order valence-electron chi connectivity index (χ2n) is 7.35. The Balaban J connectivity index is 1.66. The predicted octanol–water partition coefficient (Wildman–Crippen LogP) is 3.01. The van der Waals surface area contributed by atoms with Crippen LogP contribution in [0.5, 0.6) is 0 Å². The lowest BCUT2D eigenvalue weighted by Gasteiger charge is -2.38. The van der Waals surface area contributed by atoms with Crippen LogP contribution in [0.15, 0.2) is 5.38 Å². The number of amides is 1. The van der Waals surface area contributed by atoms with E-state index in [1.807, 2.05) is 24.4 Å². The molecule has 1 aromatic heterocycles. The number of carbonyl (C=O) groups is 1. The van der Waals surface area contributed by atoms with E-state index in [2.05, 4.69) is 16.8 Å². The molecule has 5 nitrogen and oxygen atoms in total. The van der Waals surface area contributed by atoms with E-state index in [1.54, 1.807) is 11.3 Å². The molecule has 2 aliphatic rings. The van der Waals surface area contributed by atoms with E-state index in [-0.39, 0.29) is 18.1 Å². The summed E-state index contributed by atoms with van der Waals surface area (Å²) in [5, 5.41) is 2.90. The van der Waals surface area contributed by atoms with Gasteiger partial charge in [-0.05, 0) is 39.3 Å². The van der Waals surface area contributed by atoms with Crippen LogP contribution in [-0.4, -0.2) is 60.1 Å². The Morgan fingerprint density at radius 1 is 1.42 bits per heavy atom. The fourth-order valence-corrected chi connectivity index (χ4v) is 4.16.